The first-order chi connectivity index (χ1) is 17.5. The second-order valence-electron chi connectivity index (χ2n) is 8.14. The van der Waals surface area contributed by atoms with Crippen LogP contribution in [0.4, 0.5) is 0 Å². The van der Waals surface area contributed by atoms with E-state index < -0.39 is 23.9 Å². The van der Waals surface area contributed by atoms with Crippen molar-refractivity contribution in [3.63, 3.8) is 0 Å². The van der Waals surface area contributed by atoms with Gasteiger partial charge in [0.05, 0.1) is 27.0 Å². The summed E-state index contributed by atoms with van der Waals surface area (Å²) in [5.41, 5.74) is 3.65. The van der Waals surface area contributed by atoms with Gasteiger partial charge in [-0.1, -0.05) is 5.16 Å². The van der Waals surface area contributed by atoms with Crippen LogP contribution in [0, 0.1) is 5.92 Å². The maximum absolute atomic E-state index is 12.5. The molecule has 1 fully saturated rings. The second-order valence-corrected chi connectivity index (χ2v) is 8.14. The van der Waals surface area contributed by atoms with Crippen molar-refractivity contribution in [3.8, 4) is 23.0 Å². The number of benzene rings is 1. The summed E-state index contributed by atoms with van der Waals surface area (Å²) in [6.07, 6.45) is 2.51. The van der Waals surface area contributed by atoms with Gasteiger partial charge in [-0.2, -0.15) is 5.10 Å². The second kappa shape index (κ2) is 11.1. The fourth-order valence-electron chi connectivity index (χ4n) is 4.25. The van der Waals surface area contributed by atoms with Crippen molar-refractivity contribution >= 4 is 29.7 Å². The lowest BCUT2D eigenvalue weighted by atomic mass is 9.96. The number of hydrazone groups is 1. The number of piperidine rings is 1. The smallest absolute Gasteiger partial charge is 0.356 e. The molecule has 0 unspecified atom stereocenters. The van der Waals surface area contributed by atoms with E-state index in [4.69, 9.17) is 28.5 Å². The SMILES string of the molecule is CCOC(=O)C1=NO[C@H](Cc2c(/C=N\NC(=O)[C@@H]3CCCNC3=O)c3c(c(OC)c2OC)OCO3)C1. The molecule has 0 saturated carbocycles. The molecule has 2 amide bonds. The van der Waals surface area contributed by atoms with Crippen molar-refractivity contribution in [2.75, 3.05) is 34.2 Å². The molecule has 13 heteroatoms. The number of oxime groups is 1. The minimum atomic E-state index is -0.809. The molecule has 3 heterocycles. The number of hydrogen-bond donors (Lipinski definition) is 2. The molecule has 4 rings (SSSR count). The zero-order valence-corrected chi connectivity index (χ0v) is 20.3. The molecule has 36 heavy (non-hydrogen) atoms. The van der Waals surface area contributed by atoms with E-state index in [0.717, 1.165) is 0 Å². The van der Waals surface area contributed by atoms with Gasteiger partial charge in [-0.3, -0.25) is 9.59 Å². The molecule has 3 aliphatic rings. The molecule has 0 aromatic heterocycles. The van der Waals surface area contributed by atoms with Crippen LogP contribution >= 0.6 is 0 Å². The third-order valence-corrected chi connectivity index (χ3v) is 5.92. The van der Waals surface area contributed by atoms with Gasteiger partial charge >= 0.3 is 5.97 Å². The number of esters is 1. The summed E-state index contributed by atoms with van der Waals surface area (Å²) in [4.78, 5) is 42.0. The number of methoxy groups -OCH3 is 2. The molecular weight excluding hydrogens is 476 g/mol. The van der Waals surface area contributed by atoms with Gasteiger partial charge in [0.2, 0.25) is 24.2 Å². The summed E-state index contributed by atoms with van der Waals surface area (Å²) in [5, 5.41) is 10.6. The zero-order chi connectivity index (χ0) is 25.7. The quantitative estimate of drug-likeness (QED) is 0.213. The van der Waals surface area contributed by atoms with Crippen LogP contribution in [-0.2, 0) is 30.4 Å². The van der Waals surface area contributed by atoms with E-state index in [9.17, 15) is 14.4 Å². The van der Waals surface area contributed by atoms with Crippen LogP contribution in [0.1, 0.15) is 37.3 Å². The molecule has 2 N–H and O–H groups in total. The molecule has 1 aromatic rings. The number of nitrogens with one attached hydrogen (secondary N) is 2. The highest BCUT2D eigenvalue weighted by Gasteiger charge is 2.35. The Kier molecular flexibility index (Phi) is 7.76. The van der Waals surface area contributed by atoms with Crippen molar-refractivity contribution in [2.45, 2.75) is 38.7 Å². The first-order valence-corrected chi connectivity index (χ1v) is 11.5. The lowest BCUT2D eigenvalue weighted by molar-refractivity contribution is -0.137. The predicted octanol–water partition coefficient (Wildman–Crippen LogP) is 0.659. The fourth-order valence-corrected chi connectivity index (χ4v) is 4.25. The molecular formula is C23H28N4O9. The van der Waals surface area contributed by atoms with Crippen LogP contribution in [0.25, 0.3) is 0 Å². The minimum absolute atomic E-state index is 0.0518. The monoisotopic (exact) mass is 504 g/mol. The van der Waals surface area contributed by atoms with Gasteiger partial charge in [0, 0.05) is 30.5 Å². The number of nitrogens with zero attached hydrogens (tertiary/aromatic N) is 2. The van der Waals surface area contributed by atoms with Crippen molar-refractivity contribution < 1.29 is 42.9 Å². The molecule has 0 aliphatic carbocycles. The lowest BCUT2D eigenvalue weighted by Crippen LogP contribution is -2.43. The van der Waals surface area contributed by atoms with E-state index >= 15 is 0 Å². The Morgan fingerprint density at radius 1 is 1.22 bits per heavy atom. The number of hydrogen-bond acceptors (Lipinski definition) is 11. The van der Waals surface area contributed by atoms with Crippen molar-refractivity contribution in [1.82, 2.24) is 10.7 Å². The molecule has 3 aliphatic heterocycles. The number of fused-ring (bicyclic) bond motifs is 1. The predicted molar refractivity (Wildman–Crippen MR) is 124 cm³/mol. The van der Waals surface area contributed by atoms with Crippen LogP contribution in [-0.4, -0.2) is 70.0 Å². The summed E-state index contributed by atoms with van der Waals surface area (Å²) >= 11 is 0. The van der Waals surface area contributed by atoms with Gasteiger partial charge in [-0.15, -0.1) is 0 Å². The number of carbonyl (C=O) groups excluding carboxylic acids is 3. The largest absolute Gasteiger partial charge is 0.492 e. The first-order valence-electron chi connectivity index (χ1n) is 11.5. The van der Waals surface area contributed by atoms with Gasteiger partial charge in [0.15, 0.2) is 17.2 Å². The number of rotatable bonds is 9. The number of ether oxygens (including phenoxy) is 5. The van der Waals surface area contributed by atoms with E-state index in [0.29, 0.717) is 53.5 Å². The van der Waals surface area contributed by atoms with E-state index in [1.165, 1.54) is 20.4 Å². The summed E-state index contributed by atoms with van der Waals surface area (Å²) in [7, 11) is 2.95. The van der Waals surface area contributed by atoms with Crippen molar-refractivity contribution in [2.24, 2.45) is 16.2 Å². The molecule has 0 spiro atoms. The molecule has 1 aromatic carbocycles. The third-order valence-electron chi connectivity index (χ3n) is 5.92. The number of amides is 2. The average molecular weight is 504 g/mol. The molecule has 1 saturated heterocycles. The summed E-state index contributed by atoms with van der Waals surface area (Å²) in [6.45, 7) is 2.43. The van der Waals surface area contributed by atoms with Crippen LogP contribution in [0.3, 0.4) is 0 Å². The maximum atomic E-state index is 12.5. The normalized spacial score (nSPS) is 20.4. The van der Waals surface area contributed by atoms with Gasteiger partial charge in [-0.25, -0.2) is 10.2 Å². The highest BCUT2D eigenvalue weighted by Crippen LogP contribution is 2.52. The summed E-state index contributed by atoms with van der Waals surface area (Å²) < 4.78 is 27.5. The highest BCUT2D eigenvalue weighted by molar-refractivity contribution is 6.36. The summed E-state index contributed by atoms with van der Waals surface area (Å²) in [5.74, 6) is -0.823. The fraction of sp³-hybridized carbons (Fsp3) is 0.522. The topological polar surface area (TPSA) is 155 Å². The lowest BCUT2D eigenvalue weighted by Gasteiger charge is -2.20. The Hall–Kier alpha value is -4.03. The molecule has 2 atom stereocenters. The highest BCUT2D eigenvalue weighted by atomic mass is 16.7. The average Bonchev–Trinajstić information content (AvgIpc) is 3.55. The van der Waals surface area contributed by atoms with E-state index in [1.54, 1.807) is 6.92 Å². The van der Waals surface area contributed by atoms with Gasteiger partial charge in [0.25, 0.3) is 5.91 Å². The molecule has 0 radical (unpaired) electrons. The minimum Gasteiger partial charge on any atom is -0.492 e. The standard InChI is InChI=1S/C23H28N4O9/c1-4-33-23(30)16-9-12(36-27-16)8-14-15(10-25-26-22(29)13-6-5-7-24-21(13)28)18-20(35-11-34-18)19(32-3)17(14)31-2/h10,12-13H,4-9,11H2,1-3H3,(H,24,28)(H,26,29)/b25-10-/t12-,13-/m1/s1. The van der Waals surface area contributed by atoms with Gasteiger partial charge in [-0.05, 0) is 19.8 Å². The van der Waals surface area contributed by atoms with E-state index in [-0.39, 0.29) is 37.9 Å². The van der Waals surface area contributed by atoms with Gasteiger partial charge < -0.3 is 33.8 Å². The van der Waals surface area contributed by atoms with Gasteiger partial charge in [0.1, 0.15) is 12.0 Å². The number of carbonyl (C=O) groups is 3. The van der Waals surface area contributed by atoms with Crippen LogP contribution in [0.5, 0.6) is 23.0 Å². The zero-order valence-electron chi connectivity index (χ0n) is 20.3. The summed E-state index contributed by atoms with van der Waals surface area (Å²) in [6, 6.07) is 0. The molecule has 194 valence electrons. The Labute approximate surface area is 207 Å². The third kappa shape index (κ3) is 4.99. The van der Waals surface area contributed by atoms with E-state index in [2.05, 4.69) is 21.0 Å². The Morgan fingerprint density at radius 3 is 2.72 bits per heavy atom. The Balaban J connectivity index is 1.61. The van der Waals surface area contributed by atoms with Crippen LogP contribution in [0.2, 0.25) is 0 Å². The van der Waals surface area contributed by atoms with E-state index in [1.807, 2.05) is 0 Å². The van der Waals surface area contributed by atoms with Crippen molar-refractivity contribution in [3.05, 3.63) is 11.1 Å². The molecule has 0 bridgehead atoms. The Bertz CT molecular complexity index is 1100. The molecule has 13 nitrogen and oxygen atoms in total. The maximum Gasteiger partial charge on any atom is 0.356 e. The van der Waals surface area contributed by atoms with Crippen LogP contribution in [0.15, 0.2) is 10.3 Å². The van der Waals surface area contributed by atoms with Crippen LogP contribution < -0.4 is 29.7 Å². The first kappa shape index (κ1) is 25.1. The van der Waals surface area contributed by atoms with Crippen molar-refractivity contribution in [1.29, 1.82) is 0 Å². The Morgan fingerprint density at radius 2 is 2.00 bits per heavy atom.